The Bertz CT molecular complexity index is 457. The van der Waals surface area contributed by atoms with Crippen molar-refractivity contribution < 1.29 is 8.42 Å². The van der Waals surface area contributed by atoms with Crippen molar-refractivity contribution in [2.45, 2.75) is 17.9 Å². The molecule has 96 valence electrons. The van der Waals surface area contributed by atoms with Crippen LogP contribution in [-0.4, -0.2) is 50.0 Å². The van der Waals surface area contributed by atoms with E-state index in [2.05, 4.69) is 14.7 Å². The molecule has 0 saturated heterocycles. The minimum absolute atomic E-state index is 0.0114. The summed E-state index contributed by atoms with van der Waals surface area (Å²) in [5, 5.41) is 0. The molecule has 8 heteroatoms. The van der Waals surface area contributed by atoms with Gasteiger partial charge >= 0.3 is 0 Å². The summed E-state index contributed by atoms with van der Waals surface area (Å²) in [5.74, 6) is 0.0466. The van der Waals surface area contributed by atoms with E-state index in [9.17, 15) is 8.42 Å². The molecular formula is C9H17N5O2S. The molecular weight excluding hydrogens is 242 g/mol. The van der Waals surface area contributed by atoms with Crippen molar-refractivity contribution in [3.63, 3.8) is 0 Å². The SMILES string of the molecule is CC(CN(C)C)NS(=O)(=O)c1cnc(N)nc1. The maximum Gasteiger partial charge on any atom is 0.243 e. The number of rotatable bonds is 5. The Morgan fingerprint density at radius 1 is 1.41 bits per heavy atom. The van der Waals surface area contributed by atoms with Gasteiger partial charge in [0.1, 0.15) is 4.90 Å². The summed E-state index contributed by atoms with van der Waals surface area (Å²) in [4.78, 5) is 9.21. The van der Waals surface area contributed by atoms with Crippen molar-refractivity contribution in [3.05, 3.63) is 12.4 Å². The monoisotopic (exact) mass is 259 g/mol. The number of likely N-dealkylation sites (N-methyl/N-ethyl adjacent to an activating group) is 1. The van der Waals surface area contributed by atoms with Crippen LogP contribution in [0.4, 0.5) is 5.95 Å². The van der Waals surface area contributed by atoms with Crippen molar-refractivity contribution in [2.24, 2.45) is 0 Å². The van der Waals surface area contributed by atoms with Gasteiger partial charge in [-0.2, -0.15) is 0 Å². The van der Waals surface area contributed by atoms with E-state index in [4.69, 9.17) is 5.73 Å². The lowest BCUT2D eigenvalue weighted by molar-refractivity contribution is 0.370. The summed E-state index contributed by atoms with van der Waals surface area (Å²) in [5.41, 5.74) is 5.29. The van der Waals surface area contributed by atoms with E-state index >= 15 is 0 Å². The average Bonchev–Trinajstić information content (AvgIpc) is 2.15. The summed E-state index contributed by atoms with van der Waals surface area (Å²) in [7, 11) is 0.165. The molecule has 1 aromatic heterocycles. The molecule has 0 aliphatic carbocycles. The van der Waals surface area contributed by atoms with Gasteiger partial charge in [-0.15, -0.1) is 0 Å². The lowest BCUT2D eigenvalue weighted by atomic mass is 10.3. The number of nitrogens with two attached hydrogens (primary N) is 1. The Labute approximate surface area is 101 Å². The molecule has 1 aromatic rings. The van der Waals surface area contributed by atoms with E-state index in [1.165, 1.54) is 12.4 Å². The molecule has 0 saturated carbocycles. The molecule has 1 unspecified atom stereocenters. The van der Waals surface area contributed by atoms with Gasteiger partial charge in [0.15, 0.2) is 0 Å². The van der Waals surface area contributed by atoms with E-state index in [1.54, 1.807) is 6.92 Å². The van der Waals surface area contributed by atoms with Gasteiger partial charge in [0, 0.05) is 12.6 Å². The second-order valence-corrected chi connectivity index (χ2v) is 5.78. The van der Waals surface area contributed by atoms with Crippen LogP contribution >= 0.6 is 0 Å². The molecule has 0 bridgehead atoms. The third-order valence-corrected chi connectivity index (χ3v) is 3.50. The molecule has 0 amide bonds. The van der Waals surface area contributed by atoms with Crippen LogP contribution in [-0.2, 0) is 10.0 Å². The minimum Gasteiger partial charge on any atom is -0.368 e. The maximum atomic E-state index is 11.9. The summed E-state index contributed by atoms with van der Waals surface area (Å²) in [6, 6.07) is -0.201. The standard InChI is InChI=1S/C9H17N5O2S/c1-7(6-14(2)3)13-17(15,16)8-4-11-9(10)12-5-8/h4-5,7,13H,6H2,1-3H3,(H2,10,11,12). The van der Waals surface area contributed by atoms with Crippen molar-refractivity contribution in [3.8, 4) is 0 Å². The molecule has 0 radical (unpaired) electrons. The molecule has 0 aromatic carbocycles. The number of aromatic nitrogens is 2. The Balaban J connectivity index is 2.78. The smallest absolute Gasteiger partial charge is 0.243 e. The van der Waals surface area contributed by atoms with Gasteiger partial charge in [-0.3, -0.25) is 0 Å². The molecule has 1 atom stereocenters. The number of nitrogens with one attached hydrogen (secondary N) is 1. The van der Waals surface area contributed by atoms with Crippen LogP contribution in [0.15, 0.2) is 17.3 Å². The molecule has 1 rings (SSSR count). The zero-order valence-corrected chi connectivity index (χ0v) is 10.9. The molecule has 0 fully saturated rings. The lowest BCUT2D eigenvalue weighted by Crippen LogP contribution is -2.39. The van der Waals surface area contributed by atoms with Gasteiger partial charge in [-0.05, 0) is 21.0 Å². The molecule has 0 spiro atoms. The van der Waals surface area contributed by atoms with Gasteiger partial charge < -0.3 is 10.6 Å². The number of anilines is 1. The molecule has 1 heterocycles. The fourth-order valence-electron chi connectivity index (χ4n) is 1.38. The van der Waals surface area contributed by atoms with E-state index in [-0.39, 0.29) is 16.9 Å². The number of hydrogen-bond acceptors (Lipinski definition) is 6. The Morgan fingerprint density at radius 3 is 2.41 bits per heavy atom. The second-order valence-electron chi connectivity index (χ2n) is 4.06. The van der Waals surface area contributed by atoms with Gasteiger partial charge in [0.25, 0.3) is 0 Å². The quantitative estimate of drug-likeness (QED) is 0.724. The fourth-order valence-corrected chi connectivity index (χ4v) is 2.51. The minimum atomic E-state index is -3.58. The van der Waals surface area contributed by atoms with Crippen molar-refractivity contribution in [2.75, 3.05) is 26.4 Å². The predicted molar refractivity (Wildman–Crippen MR) is 64.8 cm³/mol. The summed E-state index contributed by atoms with van der Waals surface area (Å²) in [6.07, 6.45) is 2.38. The van der Waals surface area contributed by atoms with Crippen LogP contribution < -0.4 is 10.5 Å². The Kier molecular flexibility index (Phi) is 4.38. The Hall–Kier alpha value is -1.25. The molecule has 0 aliphatic heterocycles. The first-order valence-electron chi connectivity index (χ1n) is 5.06. The van der Waals surface area contributed by atoms with E-state index < -0.39 is 10.0 Å². The number of sulfonamides is 1. The first-order chi connectivity index (χ1) is 7.81. The van der Waals surface area contributed by atoms with Gasteiger partial charge in [0.05, 0.1) is 12.4 Å². The molecule has 17 heavy (non-hydrogen) atoms. The fraction of sp³-hybridized carbons (Fsp3) is 0.556. The molecule has 0 aliphatic rings. The molecule has 7 nitrogen and oxygen atoms in total. The zero-order valence-electron chi connectivity index (χ0n) is 10.1. The topological polar surface area (TPSA) is 101 Å². The highest BCUT2D eigenvalue weighted by Gasteiger charge is 2.18. The number of nitrogens with zero attached hydrogens (tertiary/aromatic N) is 3. The van der Waals surface area contributed by atoms with Crippen LogP contribution in [0, 0.1) is 0 Å². The Morgan fingerprint density at radius 2 is 1.94 bits per heavy atom. The van der Waals surface area contributed by atoms with Crippen molar-refractivity contribution in [1.29, 1.82) is 0 Å². The lowest BCUT2D eigenvalue weighted by Gasteiger charge is -2.18. The van der Waals surface area contributed by atoms with Crippen LogP contribution in [0.5, 0.6) is 0 Å². The van der Waals surface area contributed by atoms with E-state index in [0.29, 0.717) is 6.54 Å². The number of hydrogen-bond donors (Lipinski definition) is 2. The van der Waals surface area contributed by atoms with Gasteiger partial charge in [-0.1, -0.05) is 0 Å². The first-order valence-corrected chi connectivity index (χ1v) is 6.54. The molecule has 3 N–H and O–H groups in total. The van der Waals surface area contributed by atoms with Crippen LogP contribution in [0.3, 0.4) is 0 Å². The van der Waals surface area contributed by atoms with Gasteiger partial charge in [-0.25, -0.2) is 23.1 Å². The van der Waals surface area contributed by atoms with Crippen LogP contribution in [0.2, 0.25) is 0 Å². The van der Waals surface area contributed by atoms with E-state index in [0.717, 1.165) is 0 Å². The van der Waals surface area contributed by atoms with Crippen LogP contribution in [0.25, 0.3) is 0 Å². The average molecular weight is 259 g/mol. The third-order valence-electron chi connectivity index (χ3n) is 1.95. The highest BCUT2D eigenvalue weighted by molar-refractivity contribution is 7.89. The van der Waals surface area contributed by atoms with Crippen molar-refractivity contribution in [1.82, 2.24) is 19.6 Å². The summed E-state index contributed by atoms with van der Waals surface area (Å²) < 4.78 is 26.3. The predicted octanol–water partition coefficient (Wildman–Crippen LogP) is -0.713. The number of nitrogen functional groups attached to an aromatic ring is 1. The van der Waals surface area contributed by atoms with Crippen LogP contribution in [0.1, 0.15) is 6.92 Å². The first kappa shape index (κ1) is 13.8. The highest BCUT2D eigenvalue weighted by Crippen LogP contribution is 2.06. The largest absolute Gasteiger partial charge is 0.368 e. The summed E-state index contributed by atoms with van der Waals surface area (Å²) >= 11 is 0. The van der Waals surface area contributed by atoms with E-state index in [1.807, 2.05) is 19.0 Å². The third kappa shape index (κ3) is 4.25. The van der Waals surface area contributed by atoms with Gasteiger partial charge in [0.2, 0.25) is 16.0 Å². The second kappa shape index (κ2) is 5.39. The summed E-state index contributed by atoms with van der Waals surface area (Å²) in [6.45, 7) is 2.39. The van der Waals surface area contributed by atoms with Crippen molar-refractivity contribution >= 4 is 16.0 Å². The highest BCUT2D eigenvalue weighted by atomic mass is 32.2. The zero-order chi connectivity index (χ0) is 13.1. The maximum absolute atomic E-state index is 11.9. The normalized spacial score (nSPS) is 13.9.